The van der Waals surface area contributed by atoms with Crippen LogP contribution < -0.4 is 16.0 Å². The molecule has 0 spiro atoms. The summed E-state index contributed by atoms with van der Waals surface area (Å²) in [5, 5.41) is 2.96. The Bertz CT molecular complexity index is 655. The van der Waals surface area contributed by atoms with Gasteiger partial charge in [-0.3, -0.25) is 0 Å². The number of aliphatic imine (C=N–C) groups is 1. The smallest absolute Gasteiger partial charge is 0.194 e. The lowest BCUT2D eigenvalue weighted by Crippen LogP contribution is -2.36. The molecule has 0 aromatic carbocycles. The number of hydrogen-bond donors (Lipinski definition) is 2. The third-order valence-electron chi connectivity index (χ3n) is 3.50. The Morgan fingerprint density at radius 1 is 1.22 bits per heavy atom. The van der Waals surface area contributed by atoms with E-state index in [0.717, 1.165) is 37.7 Å². The van der Waals surface area contributed by atoms with Crippen molar-refractivity contribution in [1.82, 2.24) is 9.97 Å². The van der Waals surface area contributed by atoms with Crippen LogP contribution in [0.4, 0.5) is 11.6 Å². The number of rotatable bonds is 4. The topological polar surface area (TPSA) is 88.7 Å². The third-order valence-corrected chi connectivity index (χ3v) is 3.50. The molecule has 3 rings (SSSR count). The van der Waals surface area contributed by atoms with E-state index in [0.29, 0.717) is 18.3 Å². The van der Waals surface area contributed by atoms with E-state index in [9.17, 15) is 0 Å². The van der Waals surface area contributed by atoms with Crippen molar-refractivity contribution >= 4 is 17.6 Å². The van der Waals surface area contributed by atoms with Crippen LogP contribution in [0, 0.1) is 0 Å². The monoisotopic (exact) mass is 312 g/mol. The predicted octanol–water partition coefficient (Wildman–Crippen LogP) is 1.24. The quantitative estimate of drug-likeness (QED) is 0.652. The van der Waals surface area contributed by atoms with Gasteiger partial charge < -0.3 is 20.7 Å². The summed E-state index contributed by atoms with van der Waals surface area (Å²) in [6.45, 7) is 3.70. The van der Waals surface area contributed by atoms with Crippen LogP contribution in [0.25, 0.3) is 0 Å². The summed E-state index contributed by atoms with van der Waals surface area (Å²) >= 11 is 0. The molecule has 3 N–H and O–H groups in total. The highest BCUT2D eigenvalue weighted by atomic mass is 16.5. The van der Waals surface area contributed by atoms with Gasteiger partial charge in [-0.15, -0.1) is 0 Å². The summed E-state index contributed by atoms with van der Waals surface area (Å²) < 4.78 is 5.36. The summed E-state index contributed by atoms with van der Waals surface area (Å²) in [5.41, 5.74) is 6.95. The van der Waals surface area contributed by atoms with Crippen molar-refractivity contribution < 1.29 is 4.74 Å². The molecule has 0 amide bonds. The first-order chi connectivity index (χ1) is 11.3. The second-order valence-electron chi connectivity index (χ2n) is 5.16. The molecule has 2 aromatic heterocycles. The third kappa shape index (κ3) is 4.40. The average Bonchev–Trinajstić information content (AvgIpc) is 2.62. The molecule has 1 aliphatic rings. The highest BCUT2D eigenvalue weighted by molar-refractivity contribution is 5.91. The van der Waals surface area contributed by atoms with Crippen LogP contribution in [-0.2, 0) is 11.3 Å². The first-order valence-electron chi connectivity index (χ1n) is 7.57. The lowest BCUT2D eigenvalue weighted by atomic mass is 10.2. The van der Waals surface area contributed by atoms with E-state index in [4.69, 9.17) is 10.5 Å². The van der Waals surface area contributed by atoms with E-state index >= 15 is 0 Å². The van der Waals surface area contributed by atoms with Crippen molar-refractivity contribution in [3.8, 4) is 0 Å². The Morgan fingerprint density at radius 3 is 2.87 bits per heavy atom. The maximum atomic E-state index is 5.89. The Kier molecular flexibility index (Phi) is 5.00. The van der Waals surface area contributed by atoms with Gasteiger partial charge >= 0.3 is 0 Å². The molecular formula is C16H20N6O. The Balaban J connectivity index is 1.62. The molecule has 0 saturated carbocycles. The first-order valence-corrected chi connectivity index (χ1v) is 7.57. The van der Waals surface area contributed by atoms with Gasteiger partial charge in [0, 0.05) is 25.5 Å². The van der Waals surface area contributed by atoms with Gasteiger partial charge in [-0.05, 0) is 29.8 Å². The van der Waals surface area contributed by atoms with Gasteiger partial charge in [0.1, 0.15) is 11.6 Å². The number of hydrogen-bond acceptors (Lipinski definition) is 5. The number of nitrogens with one attached hydrogen (secondary N) is 1. The van der Waals surface area contributed by atoms with E-state index in [1.165, 1.54) is 0 Å². The van der Waals surface area contributed by atoms with Crippen molar-refractivity contribution in [1.29, 1.82) is 0 Å². The van der Waals surface area contributed by atoms with Gasteiger partial charge in [-0.2, -0.15) is 0 Å². The first kappa shape index (κ1) is 15.2. The van der Waals surface area contributed by atoms with Gasteiger partial charge in [0.15, 0.2) is 5.96 Å². The van der Waals surface area contributed by atoms with Crippen molar-refractivity contribution in [2.75, 3.05) is 36.5 Å². The molecule has 1 fully saturated rings. The van der Waals surface area contributed by atoms with Crippen molar-refractivity contribution in [2.24, 2.45) is 10.7 Å². The SMILES string of the molecule is NC(=NCc1ccnc(N2CCOCC2)c1)Nc1ccccn1. The number of anilines is 2. The number of pyridine rings is 2. The molecule has 7 heteroatoms. The Morgan fingerprint density at radius 2 is 2.09 bits per heavy atom. The van der Waals surface area contributed by atoms with Crippen LogP contribution in [0.2, 0.25) is 0 Å². The molecule has 3 heterocycles. The second-order valence-corrected chi connectivity index (χ2v) is 5.16. The van der Waals surface area contributed by atoms with Gasteiger partial charge in [-0.25, -0.2) is 15.0 Å². The fourth-order valence-corrected chi connectivity index (χ4v) is 2.31. The van der Waals surface area contributed by atoms with E-state index < -0.39 is 0 Å². The maximum Gasteiger partial charge on any atom is 0.194 e. The molecule has 0 atom stereocenters. The molecule has 23 heavy (non-hydrogen) atoms. The molecular weight excluding hydrogens is 292 g/mol. The number of aromatic nitrogens is 2. The average molecular weight is 312 g/mol. The molecule has 1 aliphatic heterocycles. The van der Waals surface area contributed by atoms with Crippen LogP contribution in [0.3, 0.4) is 0 Å². The fourth-order valence-electron chi connectivity index (χ4n) is 2.31. The van der Waals surface area contributed by atoms with Gasteiger partial charge in [-0.1, -0.05) is 6.07 Å². The number of nitrogens with zero attached hydrogens (tertiary/aromatic N) is 4. The fraction of sp³-hybridized carbons (Fsp3) is 0.312. The van der Waals surface area contributed by atoms with Gasteiger partial charge in [0.25, 0.3) is 0 Å². The zero-order valence-corrected chi connectivity index (χ0v) is 12.9. The lowest BCUT2D eigenvalue weighted by Gasteiger charge is -2.27. The summed E-state index contributed by atoms with van der Waals surface area (Å²) in [5.74, 6) is 1.98. The summed E-state index contributed by atoms with van der Waals surface area (Å²) in [6.07, 6.45) is 3.51. The van der Waals surface area contributed by atoms with Crippen molar-refractivity contribution in [3.05, 3.63) is 48.3 Å². The maximum absolute atomic E-state index is 5.89. The zero-order valence-electron chi connectivity index (χ0n) is 12.9. The minimum atomic E-state index is 0.341. The minimum Gasteiger partial charge on any atom is -0.378 e. The molecule has 2 aromatic rings. The molecule has 0 bridgehead atoms. The second kappa shape index (κ2) is 7.55. The Labute approximate surface area is 135 Å². The Hall–Kier alpha value is -2.67. The highest BCUT2D eigenvalue weighted by Crippen LogP contribution is 2.14. The van der Waals surface area contributed by atoms with Crippen LogP contribution >= 0.6 is 0 Å². The zero-order chi connectivity index (χ0) is 15.9. The van der Waals surface area contributed by atoms with E-state index in [2.05, 4.69) is 25.2 Å². The van der Waals surface area contributed by atoms with Crippen molar-refractivity contribution in [2.45, 2.75) is 6.54 Å². The standard InChI is InChI=1S/C16H20N6O/c17-16(21-14-3-1-2-5-18-14)20-12-13-4-6-19-15(11-13)22-7-9-23-10-8-22/h1-6,11H,7-10,12H2,(H3,17,18,20,21). The number of ether oxygens (including phenoxy) is 1. The molecule has 7 nitrogen and oxygen atoms in total. The molecule has 120 valence electrons. The predicted molar refractivity (Wildman–Crippen MR) is 90.5 cm³/mol. The largest absolute Gasteiger partial charge is 0.378 e. The molecule has 0 aliphatic carbocycles. The van der Waals surface area contributed by atoms with Crippen LogP contribution in [0.5, 0.6) is 0 Å². The summed E-state index contributed by atoms with van der Waals surface area (Å²) in [7, 11) is 0. The van der Waals surface area contributed by atoms with E-state index in [-0.39, 0.29) is 0 Å². The van der Waals surface area contributed by atoms with Crippen LogP contribution in [0.15, 0.2) is 47.7 Å². The molecule has 0 unspecified atom stereocenters. The van der Waals surface area contributed by atoms with Crippen molar-refractivity contribution in [3.63, 3.8) is 0 Å². The summed E-state index contributed by atoms with van der Waals surface area (Å²) in [4.78, 5) is 15.1. The van der Waals surface area contributed by atoms with Crippen LogP contribution in [0.1, 0.15) is 5.56 Å². The normalized spacial score (nSPS) is 15.5. The van der Waals surface area contributed by atoms with E-state index in [1.54, 1.807) is 12.4 Å². The number of morpholine rings is 1. The van der Waals surface area contributed by atoms with Gasteiger partial charge in [0.2, 0.25) is 0 Å². The molecule has 1 saturated heterocycles. The highest BCUT2D eigenvalue weighted by Gasteiger charge is 2.12. The van der Waals surface area contributed by atoms with Crippen LogP contribution in [-0.4, -0.2) is 42.2 Å². The summed E-state index contributed by atoms with van der Waals surface area (Å²) in [6, 6.07) is 9.57. The number of nitrogens with two attached hydrogens (primary N) is 1. The van der Waals surface area contributed by atoms with E-state index in [1.807, 2.05) is 30.3 Å². The number of guanidine groups is 1. The lowest BCUT2D eigenvalue weighted by molar-refractivity contribution is 0.122. The molecule has 0 radical (unpaired) electrons. The van der Waals surface area contributed by atoms with Gasteiger partial charge in [0.05, 0.1) is 19.8 Å². The minimum absolute atomic E-state index is 0.341.